The van der Waals surface area contributed by atoms with Gasteiger partial charge >= 0.3 is 6.09 Å². The van der Waals surface area contributed by atoms with Crippen molar-refractivity contribution < 1.29 is 14.6 Å². The Balaban J connectivity index is 3.71. The topological polar surface area (TPSA) is 72.6 Å². The molecule has 54 valence electrons. The highest BCUT2D eigenvalue weighted by molar-refractivity contribution is 5.65. The van der Waals surface area contributed by atoms with Crippen molar-refractivity contribution in [1.82, 2.24) is 0 Å². The molecule has 0 aromatic rings. The third-order valence-electron chi connectivity index (χ3n) is 0.758. The molecule has 0 rings (SSSR count). The van der Waals surface area contributed by atoms with E-state index in [0.29, 0.717) is 0 Å². The van der Waals surface area contributed by atoms with E-state index in [9.17, 15) is 4.79 Å². The number of hydrogen-bond donors (Lipinski definition) is 2. The minimum Gasteiger partial charge on any atom is -0.441 e. The fraction of sp³-hybridized carbons (Fsp3) is 0.800. The van der Waals surface area contributed by atoms with Crippen molar-refractivity contribution in [2.75, 3.05) is 6.61 Å². The van der Waals surface area contributed by atoms with Crippen molar-refractivity contribution in [1.29, 1.82) is 0 Å². The number of aliphatic hydroxyl groups is 1. The van der Waals surface area contributed by atoms with Gasteiger partial charge in [-0.1, -0.05) is 0 Å². The molecule has 0 fully saturated rings. The Morgan fingerprint density at radius 2 is 2.22 bits per heavy atom. The van der Waals surface area contributed by atoms with Crippen molar-refractivity contribution in [2.45, 2.75) is 19.4 Å². The van der Waals surface area contributed by atoms with Crippen LogP contribution in [0.4, 0.5) is 4.79 Å². The van der Waals surface area contributed by atoms with Gasteiger partial charge in [0.05, 0.1) is 6.61 Å². The summed E-state index contributed by atoms with van der Waals surface area (Å²) >= 11 is 0. The Bertz CT molecular complexity index is 111. The monoisotopic (exact) mass is 133 g/mol. The van der Waals surface area contributed by atoms with Gasteiger partial charge in [-0.05, 0) is 13.8 Å². The van der Waals surface area contributed by atoms with Crippen molar-refractivity contribution >= 4 is 6.09 Å². The Morgan fingerprint density at radius 3 is 2.33 bits per heavy atom. The fourth-order valence-corrected chi connectivity index (χ4v) is 0.305. The maximum atomic E-state index is 10.1. The molecule has 0 aromatic heterocycles. The lowest BCUT2D eigenvalue weighted by molar-refractivity contribution is 0.00125. The molecule has 0 saturated carbocycles. The van der Waals surface area contributed by atoms with Gasteiger partial charge in [-0.25, -0.2) is 4.79 Å². The van der Waals surface area contributed by atoms with Gasteiger partial charge in [0.1, 0.15) is 5.60 Å². The van der Waals surface area contributed by atoms with E-state index in [4.69, 9.17) is 5.11 Å². The summed E-state index contributed by atoms with van der Waals surface area (Å²) in [6.45, 7) is 2.91. The highest BCUT2D eigenvalue weighted by atomic mass is 16.6. The number of carbonyl (C=O) groups is 1. The highest BCUT2D eigenvalue weighted by Gasteiger charge is 2.19. The number of primary amides is 1. The molecular formula is C5H11NO3. The van der Waals surface area contributed by atoms with Crippen LogP contribution in [0.5, 0.6) is 0 Å². The van der Waals surface area contributed by atoms with Gasteiger partial charge in [0, 0.05) is 0 Å². The Morgan fingerprint density at radius 1 is 1.78 bits per heavy atom. The highest BCUT2D eigenvalue weighted by Crippen LogP contribution is 2.05. The third-order valence-corrected chi connectivity index (χ3v) is 0.758. The minimum absolute atomic E-state index is 0.226. The molecule has 0 atom stereocenters. The van der Waals surface area contributed by atoms with Crippen LogP contribution in [0.25, 0.3) is 0 Å². The van der Waals surface area contributed by atoms with Gasteiger partial charge in [-0.2, -0.15) is 0 Å². The molecule has 0 spiro atoms. The summed E-state index contributed by atoms with van der Waals surface area (Å²) in [7, 11) is 0. The van der Waals surface area contributed by atoms with E-state index < -0.39 is 11.7 Å². The smallest absolute Gasteiger partial charge is 0.405 e. The Kier molecular flexibility index (Phi) is 2.45. The van der Waals surface area contributed by atoms with Crippen LogP contribution in [0.2, 0.25) is 0 Å². The molecular weight excluding hydrogens is 122 g/mol. The summed E-state index contributed by atoms with van der Waals surface area (Å²) in [4.78, 5) is 10.1. The lowest BCUT2D eigenvalue weighted by Crippen LogP contribution is -2.34. The summed E-state index contributed by atoms with van der Waals surface area (Å²) in [6, 6.07) is 0. The molecule has 0 radical (unpaired) electrons. The van der Waals surface area contributed by atoms with Crippen LogP contribution in [0.15, 0.2) is 0 Å². The second-order valence-electron chi connectivity index (χ2n) is 2.34. The molecule has 0 aliphatic rings. The first-order valence-corrected chi connectivity index (χ1v) is 2.57. The van der Waals surface area contributed by atoms with Crippen molar-refractivity contribution in [2.24, 2.45) is 5.73 Å². The first-order valence-electron chi connectivity index (χ1n) is 2.57. The van der Waals surface area contributed by atoms with E-state index in [2.05, 4.69) is 10.5 Å². The first-order chi connectivity index (χ1) is 3.98. The quantitative estimate of drug-likeness (QED) is 0.550. The standard InChI is InChI=1S/C5H11NO3/c1-5(2,3-7)9-4(6)8/h7H,3H2,1-2H3,(H2,6,8). The van der Waals surface area contributed by atoms with E-state index in [0.717, 1.165) is 0 Å². The second kappa shape index (κ2) is 2.68. The van der Waals surface area contributed by atoms with Crippen molar-refractivity contribution in [3.8, 4) is 0 Å². The maximum absolute atomic E-state index is 10.1. The lowest BCUT2D eigenvalue weighted by atomic mass is 10.2. The predicted molar refractivity (Wildman–Crippen MR) is 31.8 cm³/mol. The lowest BCUT2D eigenvalue weighted by Gasteiger charge is -2.20. The molecule has 0 aliphatic carbocycles. The van der Waals surface area contributed by atoms with E-state index in [1.165, 1.54) is 0 Å². The van der Waals surface area contributed by atoms with Crippen LogP contribution in [0.1, 0.15) is 13.8 Å². The minimum atomic E-state index is -0.867. The number of nitrogens with two attached hydrogens (primary N) is 1. The van der Waals surface area contributed by atoms with Gasteiger partial charge < -0.3 is 15.6 Å². The Hall–Kier alpha value is -0.770. The summed E-state index contributed by atoms with van der Waals surface area (Å²) in [5, 5.41) is 8.51. The van der Waals surface area contributed by atoms with Crippen LogP contribution < -0.4 is 5.73 Å². The van der Waals surface area contributed by atoms with Crippen LogP contribution in [-0.2, 0) is 4.74 Å². The predicted octanol–water partition coefficient (Wildman–Crippen LogP) is -0.147. The van der Waals surface area contributed by atoms with Crippen LogP contribution in [0.3, 0.4) is 0 Å². The summed E-state index contributed by atoms with van der Waals surface area (Å²) in [5.41, 5.74) is 3.83. The second-order valence-corrected chi connectivity index (χ2v) is 2.34. The van der Waals surface area contributed by atoms with E-state index in [-0.39, 0.29) is 6.61 Å². The molecule has 0 bridgehead atoms. The van der Waals surface area contributed by atoms with Crippen LogP contribution in [0, 0.1) is 0 Å². The van der Waals surface area contributed by atoms with Crippen LogP contribution >= 0.6 is 0 Å². The number of hydrogen-bond acceptors (Lipinski definition) is 3. The van der Waals surface area contributed by atoms with Gasteiger partial charge in [0.2, 0.25) is 0 Å². The molecule has 9 heavy (non-hydrogen) atoms. The van der Waals surface area contributed by atoms with Gasteiger partial charge in [-0.15, -0.1) is 0 Å². The third kappa shape index (κ3) is 3.78. The number of ether oxygens (including phenoxy) is 1. The zero-order chi connectivity index (χ0) is 7.49. The summed E-state index contributed by atoms with van der Waals surface area (Å²) in [5.74, 6) is 0. The largest absolute Gasteiger partial charge is 0.441 e. The zero-order valence-corrected chi connectivity index (χ0v) is 5.55. The molecule has 0 aromatic carbocycles. The average molecular weight is 133 g/mol. The number of carbonyl (C=O) groups excluding carboxylic acids is 1. The number of aliphatic hydroxyl groups excluding tert-OH is 1. The molecule has 0 saturated heterocycles. The average Bonchev–Trinajstić information content (AvgIpc) is 1.63. The van der Waals surface area contributed by atoms with Crippen LogP contribution in [-0.4, -0.2) is 23.4 Å². The summed E-state index contributed by atoms with van der Waals surface area (Å²) in [6.07, 6.45) is -0.867. The zero-order valence-electron chi connectivity index (χ0n) is 5.55. The first kappa shape index (κ1) is 8.23. The van der Waals surface area contributed by atoms with Crippen molar-refractivity contribution in [3.05, 3.63) is 0 Å². The summed E-state index contributed by atoms with van der Waals surface area (Å²) < 4.78 is 4.48. The SMILES string of the molecule is CC(C)(CO)OC(N)=O. The molecule has 4 nitrogen and oxygen atoms in total. The number of rotatable bonds is 2. The maximum Gasteiger partial charge on any atom is 0.405 e. The molecule has 0 unspecified atom stereocenters. The van der Waals surface area contributed by atoms with Gasteiger partial charge in [0.25, 0.3) is 0 Å². The van der Waals surface area contributed by atoms with E-state index in [1.54, 1.807) is 13.8 Å². The molecule has 3 N–H and O–H groups in total. The molecule has 4 heteroatoms. The fourth-order valence-electron chi connectivity index (χ4n) is 0.305. The Labute approximate surface area is 53.6 Å². The van der Waals surface area contributed by atoms with Gasteiger partial charge in [0.15, 0.2) is 0 Å². The molecule has 0 aliphatic heterocycles. The molecule has 1 amide bonds. The van der Waals surface area contributed by atoms with E-state index in [1.807, 2.05) is 0 Å². The van der Waals surface area contributed by atoms with E-state index >= 15 is 0 Å². The number of amides is 1. The van der Waals surface area contributed by atoms with Gasteiger partial charge in [-0.3, -0.25) is 0 Å². The van der Waals surface area contributed by atoms with Crippen molar-refractivity contribution in [3.63, 3.8) is 0 Å². The molecule has 0 heterocycles. The normalized spacial score (nSPS) is 11.0.